The molecule has 4 N–H and O–H groups in total. The molecule has 0 saturated carbocycles. The molecule has 0 aliphatic rings. The number of pyridine rings is 1. The van der Waals surface area contributed by atoms with Crippen molar-refractivity contribution in [2.75, 3.05) is 17.6 Å². The molecular formula is C17H17N3O. The van der Waals surface area contributed by atoms with Crippen LogP contribution in [0.3, 0.4) is 0 Å². The summed E-state index contributed by atoms with van der Waals surface area (Å²) in [6.45, 7) is 0.779. The molecule has 0 radical (unpaired) electrons. The van der Waals surface area contributed by atoms with E-state index in [1.165, 1.54) is 5.56 Å². The number of nitrogens with two attached hydrogens (primary N) is 1. The lowest BCUT2D eigenvalue weighted by Crippen LogP contribution is -2.07. The number of nitrogens with one attached hydrogen (secondary N) is 1. The number of hydrogen-bond donors (Lipinski definition) is 3. The van der Waals surface area contributed by atoms with Crippen LogP contribution in [0.1, 0.15) is 5.56 Å². The Hall–Kier alpha value is -2.75. The molecule has 3 rings (SSSR count). The Morgan fingerprint density at radius 2 is 1.86 bits per heavy atom. The van der Waals surface area contributed by atoms with Crippen LogP contribution in [0.4, 0.5) is 11.4 Å². The zero-order valence-corrected chi connectivity index (χ0v) is 11.6. The van der Waals surface area contributed by atoms with E-state index in [1.54, 1.807) is 18.3 Å². The van der Waals surface area contributed by atoms with Gasteiger partial charge >= 0.3 is 0 Å². The zero-order valence-electron chi connectivity index (χ0n) is 11.6. The molecule has 0 fully saturated rings. The lowest BCUT2D eigenvalue weighted by molar-refractivity contribution is 0.475. The Bertz CT molecular complexity index is 754. The Morgan fingerprint density at radius 3 is 2.67 bits per heavy atom. The van der Waals surface area contributed by atoms with E-state index in [-0.39, 0.29) is 5.75 Å². The molecule has 21 heavy (non-hydrogen) atoms. The second-order valence-corrected chi connectivity index (χ2v) is 4.94. The number of rotatable bonds is 4. The highest BCUT2D eigenvalue weighted by Gasteiger charge is 2.04. The summed E-state index contributed by atoms with van der Waals surface area (Å²) in [4.78, 5) is 4.29. The van der Waals surface area contributed by atoms with Gasteiger partial charge in [-0.3, -0.25) is 4.98 Å². The number of nitrogens with zero attached hydrogens (tertiary/aromatic N) is 1. The third-order valence-electron chi connectivity index (χ3n) is 3.49. The lowest BCUT2D eigenvalue weighted by atomic mass is 10.1. The first-order valence-corrected chi connectivity index (χ1v) is 6.89. The molecule has 0 spiro atoms. The van der Waals surface area contributed by atoms with Gasteiger partial charge in [0.1, 0.15) is 5.75 Å². The molecule has 2 aromatic carbocycles. The summed E-state index contributed by atoms with van der Waals surface area (Å²) < 4.78 is 0. The number of aromatic nitrogens is 1. The van der Waals surface area contributed by atoms with Crippen LogP contribution in [0.15, 0.2) is 54.7 Å². The van der Waals surface area contributed by atoms with Crippen LogP contribution in [0.5, 0.6) is 5.75 Å². The van der Waals surface area contributed by atoms with Gasteiger partial charge in [0.25, 0.3) is 0 Å². The van der Waals surface area contributed by atoms with Gasteiger partial charge in [-0.25, -0.2) is 0 Å². The standard InChI is InChI=1S/C17H17N3O/c18-17-14-2-1-10-19-15(14)7-8-16(17)20-11-9-12-3-5-13(21)6-4-12/h1-8,10,20-21H,9,11,18H2. The van der Waals surface area contributed by atoms with Gasteiger partial charge in [-0.2, -0.15) is 0 Å². The van der Waals surface area contributed by atoms with Gasteiger partial charge in [0.2, 0.25) is 0 Å². The van der Waals surface area contributed by atoms with Crippen LogP contribution in [-0.4, -0.2) is 16.6 Å². The van der Waals surface area contributed by atoms with Crippen molar-refractivity contribution >= 4 is 22.3 Å². The van der Waals surface area contributed by atoms with Crippen molar-refractivity contribution in [2.45, 2.75) is 6.42 Å². The molecule has 1 aromatic heterocycles. The Balaban J connectivity index is 1.70. The predicted octanol–water partition coefficient (Wildman–Crippen LogP) is 3.18. The molecule has 0 aliphatic heterocycles. The second kappa shape index (κ2) is 5.71. The van der Waals surface area contributed by atoms with Crippen LogP contribution in [0.2, 0.25) is 0 Å². The molecule has 106 valence electrons. The highest BCUT2D eigenvalue weighted by Crippen LogP contribution is 2.27. The maximum Gasteiger partial charge on any atom is 0.115 e. The smallest absolute Gasteiger partial charge is 0.115 e. The van der Waals surface area contributed by atoms with Crippen molar-refractivity contribution < 1.29 is 5.11 Å². The van der Waals surface area contributed by atoms with Gasteiger partial charge in [-0.05, 0) is 48.4 Å². The molecule has 0 saturated heterocycles. The molecule has 4 nitrogen and oxygen atoms in total. The SMILES string of the molecule is Nc1c(NCCc2ccc(O)cc2)ccc2ncccc12. The molecule has 0 bridgehead atoms. The fourth-order valence-electron chi connectivity index (χ4n) is 2.33. The fourth-order valence-corrected chi connectivity index (χ4v) is 2.33. The zero-order chi connectivity index (χ0) is 14.7. The van der Waals surface area contributed by atoms with Crippen molar-refractivity contribution in [1.29, 1.82) is 0 Å². The maximum absolute atomic E-state index is 9.26. The van der Waals surface area contributed by atoms with Crippen molar-refractivity contribution in [2.24, 2.45) is 0 Å². The number of phenols is 1. The summed E-state index contributed by atoms with van der Waals surface area (Å²) in [6, 6.07) is 15.0. The topological polar surface area (TPSA) is 71.2 Å². The maximum atomic E-state index is 9.26. The molecule has 0 unspecified atom stereocenters. The van der Waals surface area contributed by atoms with Crippen LogP contribution < -0.4 is 11.1 Å². The van der Waals surface area contributed by atoms with E-state index in [1.807, 2.05) is 36.4 Å². The van der Waals surface area contributed by atoms with Gasteiger partial charge < -0.3 is 16.2 Å². The van der Waals surface area contributed by atoms with Gasteiger partial charge in [-0.1, -0.05) is 12.1 Å². The number of fused-ring (bicyclic) bond motifs is 1. The minimum Gasteiger partial charge on any atom is -0.508 e. The number of nitrogen functional groups attached to an aromatic ring is 1. The minimum atomic E-state index is 0.290. The molecule has 1 heterocycles. The van der Waals surface area contributed by atoms with Crippen LogP contribution in [-0.2, 0) is 6.42 Å². The summed E-state index contributed by atoms with van der Waals surface area (Å²) in [6.07, 6.45) is 2.63. The molecule has 0 amide bonds. The first-order chi connectivity index (χ1) is 10.2. The van der Waals surface area contributed by atoms with E-state index in [0.717, 1.165) is 35.2 Å². The lowest BCUT2D eigenvalue weighted by Gasteiger charge is -2.11. The summed E-state index contributed by atoms with van der Waals surface area (Å²) >= 11 is 0. The number of phenolic OH excluding ortho intramolecular Hbond substituents is 1. The fraction of sp³-hybridized carbons (Fsp3) is 0.118. The normalized spacial score (nSPS) is 10.7. The Labute approximate surface area is 123 Å². The Kier molecular flexibility index (Phi) is 3.60. The molecular weight excluding hydrogens is 262 g/mol. The summed E-state index contributed by atoms with van der Waals surface area (Å²) in [5.41, 5.74) is 9.91. The minimum absolute atomic E-state index is 0.290. The Morgan fingerprint density at radius 1 is 1.05 bits per heavy atom. The first kappa shape index (κ1) is 13.2. The third kappa shape index (κ3) is 2.89. The van der Waals surface area contributed by atoms with Crippen LogP contribution >= 0.6 is 0 Å². The molecule has 3 aromatic rings. The number of hydrogen-bond acceptors (Lipinski definition) is 4. The number of benzene rings is 2. The average Bonchev–Trinajstić information content (AvgIpc) is 2.52. The third-order valence-corrected chi connectivity index (χ3v) is 3.49. The van der Waals surface area contributed by atoms with E-state index in [4.69, 9.17) is 5.73 Å². The van der Waals surface area contributed by atoms with Crippen molar-refractivity contribution in [3.05, 3.63) is 60.3 Å². The molecule has 0 aliphatic carbocycles. The van der Waals surface area contributed by atoms with Gasteiger partial charge in [0.15, 0.2) is 0 Å². The van der Waals surface area contributed by atoms with Gasteiger partial charge in [0, 0.05) is 18.1 Å². The van der Waals surface area contributed by atoms with E-state index in [2.05, 4.69) is 10.3 Å². The summed E-state index contributed by atoms with van der Waals surface area (Å²) in [5, 5.41) is 13.6. The van der Waals surface area contributed by atoms with Crippen LogP contribution in [0.25, 0.3) is 10.9 Å². The summed E-state index contributed by atoms with van der Waals surface area (Å²) in [5.74, 6) is 0.290. The largest absolute Gasteiger partial charge is 0.508 e. The number of anilines is 2. The van der Waals surface area contributed by atoms with E-state index >= 15 is 0 Å². The average molecular weight is 279 g/mol. The van der Waals surface area contributed by atoms with Crippen molar-refractivity contribution in [1.82, 2.24) is 4.98 Å². The van der Waals surface area contributed by atoms with E-state index in [9.17, 15) is 5.11 Å². The molecule has 4 heteroatoms. The van der Waals surface area contributed by atoms with E-state index in [0.29, 0.717) is 0 Å². The summed E-state index contributed by atoms with van der Waals surface area (Å²) in [7, 11) is 0. The highest BCUT2D eigenvalue weighted by molar-refractivity contribution is 5.96. The predicted molar refractivity (Wildman–Crippen MR) is 86.5 cm³/mol. The van der Waals surface area contributed by atoms with E-state index < -0.39 is 0 Å². The highest BCUT2D eigenvalue weighted by atomic mass is 16.3. The van der Waals surface area contributed by atoms with Crippen molar-refractivity contribution in [3.63, 3.8) is 0 Å². The number of aromatic hydroxyl groups is 1. The monoisotopic (exact) mass is 279 g/mol. The van der Waals surface area contributed by atoms with Crippen LogP contribution in [0, 0.1) is 0 Å². The first-order valence-electron chi connectivity index (χ1n) is 6.89. The van der Waals surface area contributed by atoms with Crippen molar-refractivity contribution in [3.8, 4) is 5.75 Å². The quantitative estimate of drug-likeness (QED) is 0.641. The van der Waals surface area contributed by atoms with Gasteiger partial charge in [-0.15, -0.1) is 0 Å². The second-order valence-electron chi connectivity index (χ2n) is 4.94. The van der Waals surface area contributed by atoms with Gasteiger partial charge in [0.05, 0.1) is 16.9 Å². The molecule has 0 atom stereocenters.